The number of hydrogen-bond donors (Lipinski definition) is 1. The third-order valence-electron chi connectivity index (χ3n) is 6.43. The van der Waals surface area contributed by atoms with E-state index in [1.54, 1.807) is 11.8 Å². The Morgan fingerprint density at radius 3 is 2.65 bits per heavy atom. The molecule has 1 aliphatic heterocycles. The Labute approximate surface area is 234 Å². The summed E-state index contributed by atoms with van der Waals surface area (Å²) in [7, 11) is 0. The Hall–Kier alpha value is -3.90. The second-order valence-corrected chi connectivity index (χ2v) is 10.8. The number of carbonyl (C=O) groups is 2. The van der Waals surface area contributed by atoms with Gasteiger partial charge >= 0.3 is 23.8 Å². The van der Waals surface area contributed by atoms with Gasteiger partial charge in [-0.15, -0.1) is 0 Å². The molecule has 1 fully saturated rings. The first kappa shape index (κ1) is 30.6. The molecule has 1 aliphatic carbocycles. The van der Waals surface area contributed by atoms with Crippen molar-refractivity contribution in [1.29, 1.82) is 0 Å². The van der Waals surface area contributed by atoms with Gasteiger partial charge in [0.2, 0.25) is 11.6 Å². The first-order valence-electron chi connectivity index (χ1n) is 13.6. The molecule has 13 heteroatoms. The molecule has 40 heavy (non-hydrogen) atoms. The highest BCUT2D eigenvalue weighted by atomic mass is 16.6. The molecule has 3 rings (SSSR count). The lowest BCUT2D eigenvalue weighted by Gasteiger charge is -2.38. The zero-order chi connectivity index (χ0) is 29.4. The van der Waals surface area contributed by atoms with E-state index < -0.39 is 22.2 Å². The van der Waals surface area contributed by atoms with E-state index in [1.807, 2.05) is 39.8 Å². The quantitative estimate of drug-likeness (QED) is 0.181. The maximum Gasteiger partial charge on any atom is 0.410 e. The van der Waals surface area contributed by atoms with Crippen LogP contribution in [0.3, 0.4) is 0 Å². The van der Waals surface area contributed by atoms with Gasteiger partial charge in [-0.3, -0.25) is 14.9 Å². The summed E-state index contributed by atoms with van der Waals surface area (Å²) in [5, 5.41) is 12.0. The van der Waals surface area contributed by atoms with Crippen molar-refractivity contribution < 1.29 is 28.7 Å². The fraction of sp³-hybridized carbons (Fsp3) is 0.630. The Bertz CT molecular complexity index is 1150. The first-order chi connectivity index (χ1) is 18.9. The minimum atomic E-state index is -0.667. The van der Waals surface area contributed by atoms with Gasteiger partial charge in [0.05, 0.1) is 18.1 Å². The van der Waals surface area contributed by atoms with Gasteiger partial charge < -0.3 is 29.7 Å². The van der Waals surface area contributed by atoms with Gasteiger partial charge in [0.25, 0.3) is 0 Å². The second-order valence-electron chi connectivity index (χ2n) is 10.8. The normalized spacial score (nSPS) is 18.4. The van der Waals surface area contributed by atoms with Crippen molar-refractivity contribution in [3.63, 3.8) is 0 Å². The summed E-state index contributed by atoms with van der Waals surface area (Å²) in [5.74, 6) is -0.807. The number of rotatable bonds is 11. The number of nitrogens with two attached hydrogens (primary N) is 1. The number of unbranched alkanes of at least 4 members (excludes halogenated alkanes) is 1. The van der Waals surface area contributed by atoms with Gasteiger partial charge in [-0.25, -0.2) is 4.79 Å². The second kappa shape index (κ2) is 13.4. The predicted molar refractivity (Wildman–Crippen MR) is 149 cm³/mol. The summed E-state index contributed by atoms with van der Waals surface area (Å²) in [6.45, 7) is 10.5. The number of aromatic nitrogens is 2. The fourth-order valence-electron chi connectivity index (χ4n) is 4.59. The number of carbonyl (C=O) groups excluding carboxylic acids is 2. The Morgan fingerprint density at radius 1 is 1.25 bits per heavy atom. The van der Waals surface area contributed by atoms with Crippen LogP contribution in [0.15, 0.2) is 23.8 Å². The maximum absolute atomic E-state index is 12.7. The molecular formula is C27H40N6O7. The molecule has 0 radical (unpaired) electrons. The Morgan fingerprint density at radius 2 is 2.00 bits per heavy atom. The molecule has 0 saturated carbocycles. The van der Waals surface area contributed by atoms with E-state index in [0.717, 1.165) is 24.8 Å². The van der Waals surface area contributed by atoms with Crippen LogP contribution in [-0.2, 0) is 14.3 Å². The van der Waals surface area contributed by atoms with Gasteiger partial charge in [0.15, 0.2) is 0 Å². The molecule has 2 heterocycles. The number of nitro groups is 1. The van der Waals surface area contributed by atoms with Gasteiger partial charge in [-0.2, -0.15) is 9.97 Å². The number of fused-ring (bicyclic) bond motifs is 1. The van der Waals surface area contributed by atoms with E-state index in [4.69, 9.17) is 19.9 Å². The molecular weight excluding hydrogens is 520 g/mol. The highest BCUT2D eigenvalue weighted by molar-refractivity contribution is 5.79. The summed E-state index contributed by atoms with van der Waals surface area (Å²) in [6.07, 6.45) is 8.09. The van der Waals surface area contributed by atoms with Crippen LogP contribution >= 0.6 is 0 Å². The minimum Gasteiger partial charge on any atom is -0.465 e. The molecule has 1 aromatic rings. The van der Waals surface area contributed by atoms with E-state index in [2.05, 4.69) is 16.0 Å². The van der Waals surface area contributed by atoms with Crippen LogP contribution < -0.4 is 15.4 Å². The first-order valence-corrected chi connectivity index (χ1v) is 13.6. The number of nitrogen functional groups attached to an aromatic ring is 1. The number of nitrogens with zero attached hydrogens (tertiary/aromatic N) is 5. The van der Waals surface area contributed by atoms with E-state index in [1.165, 1.54) is 4.90 Å². The van der Waals surface area contributed by atoms with Crippen molar-refractivity contribution in [2.24, 2.45) is 11.8 Å². The summed E-state index contributed by atoms with van der Waals surface area (Å²) >= 11 is 0. The average molecular weight is 561 g/mol. The maximum atomic E-state index is 12.7. The molecule has 2 unspecified atom stereocenters. The molecule has 2 atom stereocenters. The van der Waals surface area contributed by atoms with Crippen LogP contribution in [0.2, 0.25) is 0 Å². The zero-order valence-corrected chi connectivity index (χ0v) is 23.9. The van der Waals surface area contributed by atoms with Crippen molar-refractivity contribution >= 4 is 29.4 Å². The summed E-state index contributed by atoms with van der Waals surface area (Å²) in [6, 6.07) is -0.103. The number of anilines is 2. The lowest BCUT2D eigenvalue weighted by molar-refractivity contribution is -0.383. The monoisotopic (exact) mass is 560 g/mol. The smallest absolute Gasteiger partial charge is 0.410 e. The SMILES string of the molecule is CCCCOc1nc(N)c([N+](=O)[O-])c(N(CC(=O)OCC)CC2=CC3CN(C(=O)OC(C)(C)C)CCC3C=C2)n1. The van der Waals surface area contributed by atoms with Crippen LogP contribution in [0.5, 0.6) is 6.01 Å². The van der Waals surface area contributed by atoms with Crippen molar-refractivity contribution in [2.75, 3.05) is 50.0 Å². The van der Waals surface area contributed by atoms with Crippen molar-refractivity contribution in [3.8, 4) is 6.01 Å². The number of piperidine rings is 1. The van der Waals surface area contributed by atoms with E-state index >= 15 is 0 Å². The molecule has 0 aromatic carbocycles. The molecule has 2 N–H and O–H groups in total. The molecule has 13 nitrogen and oxygen atoms in total. The van der Waals surface area contributed by atoms with Gasteiger partial charge in [-0.05, 0) is 52.0 Å². The Kier molecular flexibility index (Phi) is 10.3. The molecule has 0 bridgehead atoms. The van der Waals surface area contributed by atoms with Gasteiger partial charge in [0.1, 0.15) is 12.1 Å². The third kappa shape index (κ3) is 8.30. The summed E-state index contributed by atoms with van der Waals surface area (Å²) in [4.78, 5) is 48.0. The van der Waals surface area contributed by atoms with Crippen LogP contribution in [-0.4, -0.2) is 76.8 Å². The highest BCUT2D eigenvalue weighted by Crippen LogP contribution is 2.35. The molecule has 220 valence electrons. The topological polar surface area (TPSA) is 163 Å². The fourth-order valence-corrected chi connectivity index (χ4v) is 4.59. The van der Waals surface area contributed by atoms with Crippen LogP contribution in [0.25, 0.3) is 0 Å². The van der Waals surface area contributed by atoms with E-state index in [9.17, 15) is 19.7 Å². The zero-order valence-electron chi connectivity index (χ0n) is 23.9. The standard InChI is InChI=1S/C27H40N6O7/c1-6-8-13-39-25-29-23(28)22(33(36)37)24(30-25)32(17-21(34)38-7-2)15-18-9-10-19-11-12-31(16-20(19)14-18)26(35)40-27(3,4)5/h9-10,14,19-20H,6-8,11-13,15-17H2,1-5H3,(H2,28,29,30). The molecule has 1 amide bonds. The largest absolute Gasteiger partial charge is 0.465 e. The molecule has 1 aromatic heterocycles. The van der Waals surface area contributed by atoms with Crippen LogP contribution in [0.4, 0.5) is 22.1 Å². The highest BCUT2D eigenvalue weighted by Gasteiger charge is 2.34. The summed E-state index contributed by atoms with van der Waals surface area (Å²) < 4.78 is 16.3. The Balaban J connectivity index is 1.91. The van der Waals surface area contributed by atoms with Crippen LogP contribution in [0, 0.1) is 22.0 Å². The molecule has 2 aliphatic rings. The van der Waals surface area contributed by atoms with E-state index in [0.29, 0.717) is 19.7 Å². The number of allylic oxidation sites excluding steroid dienone is 1. The third-order valence-corrected chi connectivity index (χ3v) is 6.43. The molecule has 1 saturated heterocycles. The number of hydrogen-bond acceptors (Lipinski definition) is 11. The average Bonchev–Trinajstić information content (AvgIpc) is 2.86. The van der Waals surface area contributed by atoms with Crippen molar-refractivity contribution in [1.82, 2.24) is 14.9 Å². The number of esters is 1. The lowest BCUT2D eigenvalue weighted by atomic mass is 9.80. The summed E-state index contributed by atoms with van der Waals surface area (Å²) in [5.41, 5.74) is 5.66. The minimum absolute atomic E-state index is 0.0177. The number of likely N-dealkylation sites (tertiary alicyclic amines) is 1. The van der Waals surface area contributed by atoms with Gasteiger partial charge in [0, 0.05) is 25.6 Å². The lowest BCUT2D eigenvalue weighted by Crippen LogP contribution is -2.45. The number of ether oxygens (including phenoxy) is 3. The van der Waals surface area contributed by atoms with Gasteiger partial charge in [-0.1, -0.05) is 31.6 Å². The van der Waals surface area contributed by atoms with Crippen molar-refractivity contribution in [3.05, 3.63) is 33.9 Å². The van der Waals surface area contributed by atoms with Crippen LogP contribution in [0.1, 0.15) is 53.9 Å². The van der Waals surface area contributed by atoms with E-state index in [-0.39, 0.29) is 55.3 Å². The predicted octanol–water partition coefficient (Wildman–Crippen LogP) is 3.88. The van der Waals surface area contributed by atoms with Crippen molar-refractivity contribution in [2.45, 2.75) is 59.5 Å². The number of amides is 1. The molecule has 0 spiro atoms.